The molecule has 1 rings (SSSR count). The number of unbranched alkanes of at least 4 members (excludes halogenated alkanes) is 3. The normalized spacial score (nSPS) is 13.4. The van der Waals surface area contributed by atoms with Gasteiger partial charge in [-0.05, 0) is 37.2 Å². The minimum absolute atomic E-state index is 0.147. The summed E-state index contributed by atoms with van der Waals surface area (Å²) in [6.07, 6.45) is 3.75. The molecule has 0 spiro atoms. The average Bonchev–Trinajstić information content (AvgIpc) is 3.06. The maximum absolute atomic E-state index is 12.8. The minimum atomic E-state index is -1.44. The first-order chi connectivity index (χ1) is 22.8. The molecule has 0 unspecified atom stereocenters. The van der Waals surface area contributed by atoms with Gasteiger partial charge in [-0.1, -0.05) is 57.0 Å². The van der Waals surface area contributed by atoms with Crippen LogP contribution in [0.2, 0.25) is 0 Å². The Morgan fingerprint density at radius 3 is 1.72 bits per heavy atom. The number of alkyl halides is 1. The lowest BCUT2D eigenvalue weighted by molar-refractivity contribution is -0.135. The molecule has 0 fully saturated rings. The van der Waals surface area contributed by atoms with Crippen molar-refractivity contribution in [3.05, 3.63) is 35.9 Å². The van der Waals surface area contributed by atoms with Gasteiger partial charge in [-0.2, -0.15) is 0 Å². The Morgan fingerprint density at radius 2 is 1.21 bits per heavy atom. The van der Waals surface area contributed by atoms with Gasteiger partial charge in [-0.3, -0.25) is 9.59 Å². The van der Waals surface area contributed by atoms with Crippen molar-refractivity contribution in [2.75, 3.05) is 91.7 Å². The summed E-state index contributed by atoms with van der Waals surface area (Å²) in [7, 11) is 0. The van der Waals surface area contributed by atoms with Gasteiger partial charge in [-0.15, -0.1) is 11.6 Å². The van der Waals surface area contributed by atoms with Crippen LogP contribution in [0.25, 0.3) is 0 Å². The molecule has 0 aliphatic carbocycles. The SMILES string of the molecule is CC(C)C[C@H](NC(=O)[C@@H](O)[C@H](N)Cc1ccccc1)C(=O)NCCOCCOCCOCCOCCOCCOCCCCCCCl. The van der Waals surface area contributed by atoms with Gasteiger partial charge in [0.15, 0.2) is 0 Å². The maximum atomic E-state index is 12.8. The topological polar surface area (TPSA) is 160 Å². The maximum Gasteiger partial charge on any atom is 0.251 e. The highest BCUT2D eigenvalue weighted by molar-refractivity contribution is 6.17. The van der Waals surface area contributed by atoms with E-state index >= 15 is 0 Å². The molecule has 2 amide bonds. The van der Waals surface area contributed by atoms with E-state index in [0.717, 1.165) is 43.7 Å². The van der Waals surface area contributed by atoms with Crippen LogP contribution in [0.4, 0.5) is 0 Å². The molecular weight excluding hydrogens is 630 g/mol. The molecule has 0 bridgehead atoms. The molecule has 47 heavy (non-hydrogen) atoms. The number of aliphatic hydroxyl groups excluding tert-OH is 1. The summed E-state index contributed by atoms with van der Waals surface area (Å²) in [6, 6.07) is 7.80. The molecule has 3 atom stereocenters. The lowest BCUT2D eigenvalue weighted by Gasteiger charge is -2.24. The summed E-state index contributed by atoms with van der Waals surface area (Å²) in [5.74, 6) is -0.126. The van der Waals surface area contributed by atoms with Gasteiger partial charge in [0.05, 0.1) is 72.7 Å². The average molecular weight is 690 g/mol. The van der Waals surface area contributed by atoms with E-state index in [9.17, 15) is 14.7 Å². The molecule has 0 aromatic heterocycles. The largest absolute Gasteiger partial charge is 0.382 e. The highest BCUT2D eigenvalue weighted by Crippen LogP contribution is 2.08. The Morgan fingerprint density at radius 1 is 0.723 bits per heavy atom. The van der Waals surface area contributed by atoms with Crippen molar-refractivity contribution in [3.63, 3.8) is 0 Å². The molecule has 0 heterocycles. The van der Waals surface area contributed by atoms with Gasteiger partial charge >= 0.3 is 0 Å². The van der Waals surface area contributed by atoms with Crippen LogP contribution >= 0.6 is 11.6 Å². The van der Waals surface area contributed by atoms with E-state index in [1.807, 2.05) is 44.2 Å². The van der Waals surface area contributed by atoms with Crippen molar-refractivity contribution in [1.29, 1.82) is 0 Å². The second-order valence-electron chi connectivity index (χ2n) is 11.6. The van der Waals surface area contributed by atoms with E-state index in [1.54, 1.807) is 0 Å². The Bertz CT molecular complexity index is 886. The minimum Gasteiger partial charge on any atom is -0.382 e. The van der Waals surface area contributed by atoms with E-state index in [2.05, 4.69) is 10.6 Å². The monoisotopic (exact) mass is 689 g/mol. The van der Waals surface area contributed by atoms with Crippen molar-refractivity contribution < 1.29 is 43.1 Å². The van der Waals surface area contributed by atoms with Crippen LogP contribution in [-0.4, -0.2) is 127 Å². The number of carbonyl (C=O) groups excluding carboxylic acids is 2. The van der Waals surface area contributed by atoms with Crippen LogP contribution in [0.3, 0.4) is 0 Å². The van der Waals surface area contributed by atoms with Gasteiger partial charge in [0.2, 0.25) is 5.91 Å². The Kier molecular flexibility index (Phi) is 27.7. The third-order valence-corrected chi connectivity index (χ3v) is 7.17. The van der Waals surface area contributed by atoms with E-state index in [0.29, 0.717) is 85.5 Å². The number of nitrogens with two attached hydrogens (primary N) is 1. The molecule has 0 radical (unpaired) electrons. The van der Waals surface area contributed by atoms with Crippen LogP contribution in [0.15, 0.2) is 30.3 Å². The second kappa shape index (κ2) is 30.2. The lowest BCUT2D eigenvalue weighted by atomic mass is 10.00. The Hall–Kier alpha value is -1.87. The lowest BCUT2D eigenvalue weighted by Crippen LogP contribution is -2.54. The summed E-state index contributed by atoms with van der Waals surface area (Å²) < 4.78 is 33.0. The summed E-state index contributed by atoms with van der Waals surface area (Å²) in [4.78, 5) is 25.4. The number of nitrogens with one attached hydrogen (secondary N) is 2. The smallest absolute Gasteiger partial charge is 0.251 e. The van der Waals surface area contributed by atoms with E-state index < -0.39 is 24.1 Å². The third kappa shape index (κ3) is 24.9. The van der Waals surface area contributed by atoms with Crippen LogP contribution in [0.5, 0.6) is 0 Å². The Labute approximate surface area is 286 Å². The van der Waals surface area contributed by atoms with Crippen LogP contribution in [-0.2, 0) is 44.4 Å². The Balaban J connectivity index is 1.99. The standard InChI is InChI=1S/C34H60ClN3O9/c1-28(2)26-31(38-34(41)32(39)30(36)27-29-10-6-5-7-11-29)33(40)37-13-15-43-17-19-45-21-23-47-25-24-46-22-20-44-18-16-42-14-9-4-3-8-12-35/h5-7,10-11,28,30-32,39H,3-4,8-9,12-27,36H2,1-2H3,(H,37,40)(H,38,41)/t30-,31+,32+/m1/s1. The molecular formula is C34H60ClN3O9. The molecule has 0 saturated carbocycles. The number of aliphatic hydroxyl groups is 1. The first-order valence-corrected chi connectivity index (χ1v) is 17.5. The van der Waals surface area contributed by atoms with Gasteiger partial charge in [0.1, 0.15) is 12.1 Å². The molecule has 0 aliphatic rings. The molecule has 0 aliphatic heterocycles. The van der Waals surface area contributed by atoms with Crippen molar-refractivity contribution in [3.8, 4) is 0 Å². The van der Waals surface area contributed by atoms with Gasteiger partial charge in [0.25, 0.3) is 5.91 Å². The van der Waals surface area contributed by atoms with Crippen LogP contribution in [0, 0.1) is 5.92 Å². The van der Waals surface area contributed by atoms with Crippen LogP contribution < -0.4 is 16.4 Å². The third-order valence-electron chi connectivity index (χ3n) is 6.91. The number of carbonyl (C=O) groups is 2. The molecule has 1 aromatic carbocycles. The molecule has 5 N–H and O–H groups in total. The van der Waals surface area contributed by atoms with Crippen LogP contribution in [0.1, 0.15) is 51.5 Å². The van der Waals surface area contributed by atoms with Crippen molar-refractivity contribution in [2.45, 2.75) is 70.6 Å². The number of hydrogen-bond donors (Lipinski definition) is 4. The number of ether oxygens (including phenoxy) is 6. The summed E-state index contributed by atoms with van der Waals surface area (Å²) in [5, 5.41) is 15.9. The van der Waals surface area contributed by atoms with E-state index in [1.165, 1.54) is 0 Å². The predicted octanol–water partition coefficient (Wildman–Crippen LogP) is 2.46. The molecule has 12 nitrogen and oxygen atoms in total. The predicted molar refractivity (Wildman–Crippen MR) is 183 cm³/mol. The molecule has 272 valence electrons. The first kappa shape index (κ1) is 43.2. The highest BCUT2D eigenvalue weighted by Gasteiger charge is 2.28. The number of amides is 2. The number of rotatable bonds is 32. The van der Waals surface area contributed by atoms with Crippen molar-refractivity contribution >= 4 is 23.4 Å². The number of halogens is 1. The summed E-state index contributed by atoms with van der Waals surface area (Å²) >= 11 is 5.65. The first-order valence-electron chi connectivity index (χ1n) is 16.9. The fraction of sp³-hybridized carbons (Fsp3) is 0.765. The van der Waals surface area contributed by atoms with Crippen molar-refractivity contribution in [2.24, 2.45) is 11.7 Å². The van der Waals surface area contributed by atoms with Gasteiger partial charge in [-0.25, -0.2) is 0 Å². The van der Waals surface area contributed by atoms with Gasteiger partial charge < -0.3 is 49.9 Å². The van der Waals surface area contributed by atoms with Gasteiger partial charge in [0, 0.05) is 25.1 Å². The second-order valence-corrected chi connectivity index (χ2v) is 11.9. The highest BCUT2D eigenvalue weighted by atomic mass is 35.5. The number of benzene rings is 1. The zero-order valence-corrected chi connectivity index (χ0v) is 29.3. The number of hydrogen-bond acceptors (Lipinski definition) is 10. The zero-order valence-electron chi connectivity index (χ0n) is 28.5. The quantitative estimate of drug-likeness (QED) is 0.0654. The molecule has 0 saturated heterocycles. The van der Waals surface area contributed by atoms with Crippen molar-refractivity contribution in [1.82, 2.24) is 10.6 Å². The summed E-state index contributed by atoms with van der Waals surface area (Å²) in [5.41, 5.74) is 6.99. The fourth-order valence-corrected chi connectivity index (χ4v) is 4.56. The van der Waals surface area contributed by atoms with E-state index in [4.69, 9.17) is 45.8 Å². The zero-order chi connectivity index (χ0) is 34.4. The molecule has 13 heteroatoms. The van der Waals surface area contributed by atoms with E-state index in [-0.39, 0.29) is 18.4 Å². The fourth-order valence-electron chi connectivity index (χ4n) is 4.38. The molecule has 1 aromatic rings. The summed E-state index contributed by atoms with van der Waals surface area (Å²) in [6.45, 7) is 10.1.